The van der Waals surface area contributed by atoms with Crippen LogP contribution in [0.3, 0.4) is 0 Å². The van der Waals surface area contributed by atoms with Crippen molar-refractivity contribution in [2.45, 2.75) is 37.0 Å². The van der Waals surface area contributed by atoms with Gasteiger partial charge in [0.15, 0.2) is 0 Å². The number of hydrogen-bond donors (Lipinski definition) is 2. The molecule has 0 radical (unpaired) electrons. The molecular formula is C13H18ClFN2S. The van der Waals surface area contributed by atoms with Gasteiger partial charge < -0.3 is 0 Å². The summed E-state index contributed by atoms with van der Waals surface area (Å²) in [5.41, 5.74) is 3.47. The molecule has 2 unspecified atom stereocenters. The number of nitrogens with two attached hydrogens (primary N) is 1. The molecule has 0 aliphatic carbocycles. The Hall–Kier alpha value is -0.290. The molecule has 0 bridgehead atoms. The fraction of sp³-hybridized carbons (Fsp3) is 0.538. The van der Waals surface area contributed by atoms with E-state index in [-0.39, 0.29) is 11.9 Å². The van der Waals surface area contributed by atoms with E-state index in [4.69, 9.17) is 17.4 Å². The summed E-state index contributed by atoms with van der Waals surface area (Å²) in [6, 6.07) is 4.78. The van der Waals surface area contributed by atoms with Gasteiger partial charge in [-0.05, 0) is 48.8 Å². The molecule has 1 aliphatic heterocycles. The fourth-order valence-electron chi connectivity index (χ4n) is 2.32. The Labute approximate surface area is 116 Å². The van der Waals surface area contributed by atoms with E-state index in [9.17, 15) is 4.39 Å². The predicted molar refractivity (Wildman–Crippen MR) is 76.3 cm³/mol. The number of nitrogens with one attached hydrogen (secondary N) is 1. The summed E-state index contributed by atoms with van der Waals surface area (Å²) in [5, 5.41) is 1.03. The third kappa shape index (κ3) is 3.60. The summed E-state index contributed by atoms with van der Waals surface area (Å²) in [6.07, 6.45) is 4.22. The van der Waals surface area contributed by atoms with Crippen LogP contribution in [-0.4, -0.2) is 17.0 Å². The number of halogens is 2. The van der Waals surface area contributed by atoms with E-state index in [0.717, 1.165) is 6.42 Å². The van der Waals surface area contributed by atoms with E-state index >= 15 is 0 Å². The smallest absolute Gasteiger partial charge is 0.126 e. The lowest BCUT2D eigenvalue weighted by Crippen LogP contribution is -2.45. The van der Waals surface area contributed by atoms with Gasteiger partial charge >= 0.3 is 0 Å². The van der Waals surface area contributed by atoms with Crippen LogP contribution in [0.5, 0.6) is 0 Å². The number of benzene rings is 1. The van der Waals surface area contributed by atoms with Crippen LogP contribution in [0.2, 0.25) is 5.02 Å². The number of hydrogen-bond acceptors (Lipinski definition) is 3. The summed E-state index contributed by atoms with van der Waals surface area (Å²) in [7, 11) is 0. The van der Waals surface area contributed by atoms with Crippen LogP contribution in [0.25, 0.3) is 0 Å². The number of rotatable bonds is 4. The molecule has 2 atom stereocenters. The maximum absolute atomic E-state index is 13.7. The largest absolute Gasteiger partial charge is 0.271 e. The number of hydrazine groups is 1. The van der Waals surface area contributed by atoms with Gasteiger partial charge in [0.05, 0.1) is 0 Å². The molecule has 18 heavy (non-hydrogen) atoms. The van der Waals surface area contributed by atoms with E-state index in [1.165, 1.54) is 24.7 Å². The minimum atomic E-state index is -0.208. The second-order valence-corrected chi connectivity index (χ2v) is 6.40. The van der Waals surface area contributed by atoms with E-state index < -0.39 is 0 Å². The quantitative estimate of drug-likeness (QED) is 0.660. The average Bonchev–Trinajstić information content (AvgIpc) is 2.41. The molecule has 1 heterocycles. The van der Waals surface area contributed by atoms with Crippen LogP contribution in [0, 0.1) is 5.82 Å². The molecule has 2 nitrogen and oxygen atoms in total. The summed E-state index contributed by atoms with van der Waals surface area (Å²) >= 11 is 7.83. The molecule has 1 saturated heterocycles. The third-order valence-electron chi connectivity index (χ3n) is 3.33. The van der Waals surface area contributed by atoms with Gasteiger partial charge in [-0.25, -0.2) is 4.39 Å². The molecule has 1 aromatic carbocycles. The molecule has 1 aromatic rings. The zero-order valence-electron chi connectivity index (χ0n) is 10.2. The van der Waals surface area contributed by atoms with Crippen molar-refractivity contribution in [1.29, 1.82) is 0 Å². The molecule has 5 heteroatoms. The van der Waals surface area contributed by atoms with E-state index in [2.05, 4.69) is 5.43 Å². The van der Waals surface area contributed by atoms with Gasteiger partial charge in [0.2, 0.25) is 0 Å². The minimum Gasteiger partial charge on any atom is -0.271 e. The Balaban J connectivity index is 2.06. The molecule has 100 valence electrons. The van der Waals surface area contributed by atoms with Gasteiger partial charge in [-0.15, -0.1) is 0 Å². The fourth-order valence-corrected chi connectivity index (χ4v) is 3.93. The van der Waals surface area contributed by atoms with Crippen LogP contribution >= 0.6 is 23.4 Å². The maximum atomic E-state index is 13.7. The van der Waals surface area contributed by atoms with Crippen molar-refractivity contribution < 1.29 is 4.39 Å². The molecule has 1 aliphatic rings. The average molecular weight is 289 g/mol. The summed E-state index contributed by atoms with van der Waals surface area (Å²) < 4.78 is 13.7. The Kier molecular flexibility index (Phi) is 5.30. The summed E-state index contributed by atoms with van der Waals surface area (Å²) in [4.78, 5) is 0. The van der Waals surface area contributed by atoms with Crippen molar-refractivity contribution >= 4 is 23.4 Å². The molecule has 0 saturated carbocycles. The lowest BCUT2D eigenvalue weighted by molar-refractivity contribution is 0.463. The lowest BCUT2D eigenvalue weighted by atomic mass is 9.99. The highest BCUT2D eigenvalue weighted by atomic mass is 35.5. The Morgan fingerprint density at radius 3 is 3.00 bits per heavy atom. The van der Waals surface area contributed by atoms with Crippen LogP contribution < -0.4 is 11.3 Å². The van der Waals surface area contributed by atoms with Gasteiger partial charge in [-0.2, -0.15) is 11.8 Å². The first kappa shape index (κ1) is 14.1. The Morgan fingerprint density at radius 1 is 1.50 bits per heavy atom. The first-order chi connectivity index (χ1) is 8.70. The van der Waals surface area contributed by atoms with Crippen LogP contribution in [0.4, 0.5) is 4.39 Å². The van der Waals surface area contributed by atoms with Crippen molar-refractivity contribution in [3.63, 3.8) is 0 Å². The maximum Gasteiger partial charge on any atom is 0.126 e. The van der Waals surface area contributed by atoms with Crippen LogP contribution in [0.15, 0.2) is 18.2 Å². The topological polar surface area (TPSA) is 38.0 Å². The molecule has 0 aromatic heterocycles. The monoisotopic (exact) mass is 288 g/mol. The lowest BCUT2D eigenvalue weighted by Gasteiger charge is -2.29. The van der Waals surface area contributed by atoms with Crippen molar-refractivity contribution in [2.24, 2.45) is 5.84 Å². The molecule has 3 N–H and O–H groups in total. The molecular weight excluding hydrogens is 271 g/mol. The Bertz CT molecular complexity index is 397. The van der Waals surface area contributed by atoms with Gasteiger partial charge in [0.1, 0.15) is 5.82 Å². The molecule has 0 spiro atoms. The summed E-state index contributed by atoms with van der Waals surface area (Å²) in [5.74, 6) is 6.58. The highest BCUT2D eigenvalue weighted by Crippen LogP contribution is 2.29. The van der Waals surface area contributed by atoms with E-state index in [0.29, 0.717) is 22.3 Å². The van der Waals surface area contributed by atoms with Crippen LogP contribution in [0.1, 0.15) is 24.8 Å². The molecule has 1 fully saturated rings. The van der Waals surface area contributed by atoms with Crippen molar-refractivity contribution in [1.82, 2.24) is 5.43 Å². The minimum absolute atomic E-state index is 0.100. The van der Waals surface area contributed by atoms with Crippen molar-refractivity contribution in [3.8, 4) is 0 Å². The van der Waals surface area contributed by atoms with Crippen LogP contribution in [-0.2, 0) is 6.42 Å². The summed E-state index contributed by atoms with van der Waals surface area (Å²) in [6.45, 7) is 0. The Morgan fingerprint density at radius 2 is 2.33 bits per heavy atom. The van der Waals surface area contributed by atoms with Gasteiger partial charge in [-0.3, -0.25) is 11.3 Å². The highest BCUT2D eigenvalue weighted by Gasteiger charge is 2.24. The third-order valence-corrected chi connectivity index (χ3v) is 5.08. The standard InChI is InChI=1S/C13H18ClFN2S/c14-10-4-5-11(15)9(7-10)8-12(17-16)13-3-1-2-6-18-13/h4-5,7,12-13,17H,1-3,6,8,16H2. The van der Waals surface area contributed by atoms with Gasteiger partial charge in [0.25, 0.3) is 0 Å². The van der Waals surface area contributed by atoms with E-state index in [1.807, 2.05) is 11.8 Å². The second-order valence-electron chi connectivity index (χ2n) is 4.62. The zero-order chi connectivity index (χ0) is 13.0. The highest BCUT2D eigenvalue weighted by molar-refractivity contribution is 8.00. The molecule has 2 rings (SSSR count). The van der Waals surface area contributed by atoms with Crippen molar-refractivity contribution in [3.05, 3.63) is 34.6 Å². The van der Waals surface area contributed by atoms with E-state index in [1.54, 1.807) is 12.1 Å². The SMILES string of the molecule is NNC(Cc1cc(Cl)ccc1F)C1CCCCS1. The van der Waals surface area contributed by atoms with Gasteiger partial charge in [0, 0.05) is 16.3 Å². The predicted octanol–water partition coefficient (Wildman–Crippen LogP) is 3.14. The molecule has 0 amide bonds. The number of thioether (sulfide) groups is 1. The normalized spacial score (nSPS) is 21.8. The first-order valence-electron chi connectivity index (χ1n) is 6.22. The van der Waals surface area contributed by atoms with Gasteiger partial charge in [-0.1, -0.05) is 18.0 Å². The zero-order valence-corrected chi connectivity index (χ0v) is 11.7. The first-order valence-corrected chi connectivity index (χ1v) is 7.65. The van der Waals surface area contributed by atoms with Crippen molar-refractivity contribution in [2.75, 3.05) is 5.75 Å². The second kappa shape index (κ2) is 6.75.